The Morgan fingerprint density at radius 1 is 1.71 bits per heavy atom. The topological polar surface area (TPSA) is 71.7 Å². The monoisotopic (exact) mass is 195 g/mol. The molecule has 1 saturated heterocycles. The molecule has 1 aliphatic rings. The van der Waals surface area contributed by atoms with Crippen molar-refractivity contribution in [3.8, 4) is 0 Å². The summed E-state index contributed by atoms with van der Waals surface area (Å²) in [6, 6.07) is 1.50. The Morgan fingerprint density at radius 3 is 3.00 bits per heavy atom. The zero-order valence-corrected chi connectivity index (χ0v) is 7.57. The number of pyridine rings is 1. The number of ether oxygens (including phenoxy) is 2. The largest absolute Gasteiger partial charge is 0.465 e. The lowest BCUT2D eigenvalue weighted by Crippen LogP contribution is -2.14. The van der Waals surface area contributed by atoms with Crippen LogP contribution in [0.5, 0.6) is 0 Å². The van der Waals surface area contributed by atoms with E-state index in [0.717, 1.165) is 0 Å². The van der Waals surface area contributed by atoms with Crippen molar-refractivity contribution in [2.75, 3.05) is 13.7 Å². The van der Waals surface area contributed by atoms with E-state index in [-0.39, 0.29) is 11.7 Å². The van der Waals surface area contributed by atoms with Gasteiger partial charge in [-0.3, -0.25) is 4.79 Å². The normalized spacial score (nSPS) is 19.1. The first-order valence-electron chi connectivity index (χ1n) is 4.15. The highest BCUT2D eigenvalue weighted by molar-refractivity contribution is 5.89. The number of aromatic amines is 1. The first kappa shape index (κ1) is 8.96. The average Bonchev–Trinajstić information content (AvgIpc) is 3.01. The van der Waals surface area contributed by atoms with Crippen LogP contribution in [0.3, 0.4) is 0 Å². The van der Waals surface area contributed by atoms with Crippen LogP contribution in [0.2, 0.25) is 0 Å². The Kier molecular flexibility index (Phi) is 2.09. The van der Waals surface area contributed by atoms with E-state index >= 15 is 0 Å². The maximum atomic E-state index is 11.3. The minimum Gasteiger partial charge on any atom is -0.465 e. The van der Waals surface area contributed by atoms with Crippen molar-refractivity contribution in [1.82, 2.24) is 4.98 Å². The Hall–Kier alpha value is -1.62. The van der Waals surface area contributed by atoms with Crippen LogP contribution < -0.4 is 5.56 Å². The summed E-state index contributed by atoms with van der Waals surface area (Å²) in [5.74, 6) is -0.469. The van der Waals surface area contributed by atoms with Gasteiger partial charge in [0.15, 0.2) is 0 Å². The number of carbonyl (C=O) groups excluding carboxylic acids is 1. The summed E-state index contributed by atoms with van der Waals surface area (Å²) >= 11 is 0. The third-order valence-electron chi connectivity index (χ3n) is 2.03. The number of methoxy groups -OCH3 is 1. The van der Waals surface area contributed by atoms with Gasteiger partial charge in [0.25, 0.3) is 5.56 Å². The van der Waals surface area contributed by atoms with Crippen molar-refractivity contribution in [1.29, 1.82) is 0 Å². The van der Waals surface area contributed by atoms with E-state index < -0.39 is 5.97 Å². The lowest BCUT2D eigenvalue weighted by atomic mass is 10.1. The number of aromatic nitrogens is 1. The maximum Gasteiger partial charge on any atom is 0.339 e. The SMILES string of the molecule is COC(=O)c1c[nH]c(=O)c([C@@H]2CO2)c1. The molecule has 74 valence electrons. The zero-order valence-electron chi connectivity index (χ0n) is 7.57. The average molecular weight is 195 g/mol. The van der Waals surface area contributed by atoms with Gasteiger partial charge in [-0.25, -0.2) is 4.79 Å². The molecule has 0 unspecified atom stereocenters. The number of epoxide rings is 1. The third kappa shape index (κ3) is 1.54. The molecule has 2 heterocycles. The number of rotatable bonds is 2. The number of H-pyrrole nitrogens is 1. The van der Waals surface area contributed by atoms with Gasteiger partial charge in [-0.2, -0.15) is 0 Å². The lowest BCUT2D eigenvalue weighted by molar-refractivity contribution is 0.0600. The summed E-state index contributed by atoms with van der Waals surface area (Å²) in [6.45, 7) is 0.535. The molecule has 1 aromatic heterocycles. The van der Waals surface area contributed by atoms with E-state index in [1.165, 1.54) is 19.4 Å². The van der Waals surface area contributed by atoms with Crippen LogP contribution in [0, 0.1) is 0 Å². The van der Waals surface area contributed by atoms with E-state index in [0.29, 0.717) is 17.7 Å². The molecule has 0 aliphatic carbocycles. The molecular weight excluding hydrogens is 186 g/mol. The second-order valence-electron chi connectivity index (χ2n) is 2.99. The summed E-state index contributed by atoms with van der Waals surface area (Å²) in [4.78, 5) is 24.9. The molecule has 0 amide bonds. The fourth-order valence-corrected chi connectivity index (χ4v) is 1.20. The molecule has 1 atom stereocenters. The van der Waals surface area contributed by atoms with Crippen LogP contribution in [0.4, 0.5) is 0 Å². The molecule has 0 saturated carbocycles. The zero-order chi connectivity index (χ0) is 10.1. The Morgan fingerprint density at radius 2 is 2.43 bits per heavy atom. The van der Waals surface area contributed by atoms with Gasteiger partial charge in [0.1, 0.15) is 6.10 Å². The highest BCUT2D eigenvalue weighted by Gasteiger charge is 2.28. The van der Waals surface area contributed by atoms with Crippen molar-refractivity contribution < 1.29 is 14.3 Å². The molecule has 5 heteroatoms. The minimum atomic E-state index is -0.469. The summed E-state index contributed by atoms with van der Waals surface area (Å²) in [5.41, 5.74) is 0.589. The molecule has 0 radical (unpaired) electrons. The van der Waals surface area contributed by atoms with Crippen molar-refractivity contribution in [2.45, 2.75) is 6.10 Å². The molecule has 5 nitrogen and oxygen atoms in total. The van der Waals surface area contributed by atoms with Crippen molar-refractivity contribution in [3.63, 3.8) is 0 Å². The van der Waals surface area contributed by atoms with Crippen LogP contribution in [0.1, 0.15) is 22.0 Å². The third-order valence-corrected chi connectivity index (χ3v) is 2.03. The second kappa shape index (κ2) is 3.26. The van der Waals surface area contributed by atoms with Crippen molar-refractivity contribution in [3.05, 3.63) is 33.7 Å². The van der Waals surface area contributed by atoms with Crippen LogP contribution >= 0.6 is 0 Å². The van der Waals surface area contributed by atoms with Crippen molar-refractivity contribution in [2.24, 2.45) is 0 Å². The molecular formula is C9H9NO4. The van der Waals surface area contributed by atoms with Gasteiger partial charge in [0.05, 0.1) is 19.3 Å². The van der Waals surface area contributed by atoms with Crippen LogP contribution in [0.25, 0.3) is 0 Å². The van der Waals surface area contributed by atoms with Gasteiger partial charge in [-0.15, -0.1) is 0 Å². The van der Waals surface area contributed by atoms with Crippen molar-refractivity contribution >= 4 is 5.97 Å². The minimum absolute atomic E-state index is 0.164. The highest BCUT2D eigenvalue weighted by Crippen LogP contribution is 2.27. The summed E-state index contributed by atoms with van der Waals surface area (Å²) < 4.78 is 9.50. The fourth-order valence-electron chi connectivity index (χ4n) is 1.20. The molecule has 0 bridgehead atoms. The number of nitrogens with one attached hydrogen (secondary N) is 1. The van der Waals surface area contributed by atoms with Crippen LogP contribution in [-0.2, 0) is 9.47 Å². The molecule has 1 N–H and O–H groups in total. The summed E-state index contributed by atoms with van der Waals surface area (Å²) in [5, 5.41) is 0. The van der Waals surface area contributed by atoms with Gasteiger partial charge >= 0.3 is 5.97 Å². The van der Waals surface area contributed by atoms with Crippen LogP contribution in [-0.4, -0.2) is 24.7 Å². The molecule has 1 aliphatic heterocycles. The Bertz CT molecular complexity index is 419. The number of esters is 1. The standard InChI is InChI=1S/C9H9NO4/c1-13-9(12)5-2-6(7-4-14-7)8(11)10-3-5/h2-3,7H,4H2,1H3,(H,10,11)/t7-/m0/s1. The maximum absolute atomic E-state index is 11.3. The van der Waals surface area contributed by atoms with E-state index in [1.54, 1.807) is 0 Å². The first-order valence-corrected chi connectivity index (χ1v) is 4.15. The van der Waals surface area contributed by atoms with E-state index in [1.807, 2.05) is 0 Å². The van der Waals surface area contributed by atoms with Gasteiger partial charge in [0.2, 0.25) is 0 Å². The van der Waals surface area contributed by atoms with Gasteiger partial charge in [-0.05, 0) is 6.07 Å². The fraction of sp³-hybridized carbons (Fsp3) is 0.333. The number of carbonyl (C=O) groups is 1. The Labute approximate surface area is 79.7 Å². The Balaban J connectivity index is 2.40. The van der Waals surface area contributed by atoms with Gasteiger partial charge in [-0.1, -0.05) is 0 Å². The molecule has 14 heavy (non-hydrogen) atoms. The predicted octanol–water partition coefficient (Wildman–Crippen LogP) is 0.233. The quantitative estimate of drug-likeness (QED) is 0.541. The van der Waals surface area contributed by atoms with Gasteiger partial charge in [0, 0.05) is 11.8 Å². The first-order chi connectivity index (χ1) is 6.72. The van der Waals surface area contributed by atoms with Crippen LogP contribution in [0.15, 0.2) is 17.1 Å². The van der Waals surface area contributed by atoms with E-state index in [4.69, 9.17) is 4.74 Å². The molecule has 0 spiro atoms. The molecule has 1 fully saturated rings. The molecule has 2 rings (SSSR count). The highest BCUT2D eigenvalue weighted by atomic mass is 16.6. The summed E-state index contributed by atoms with van der Waals surface area (Å²) in [7, 11) is 1.29. The smallest absolute Gasteiger partial charge is 0.339 e. The molecule has 1 aromatic rings. The van der Waals surface area contributed by atoms with E-state index in [9.17, 15) is 9.59 Å². The number of hydrogen-bond acceptors (Lipinski definition) is 4. The lowest BCUT2D eigenvalue weighted by Gasteiger charge is -2.00. The number of hydrogen-bond donors (Lipinski definition) is 1. The summed E-state index contributed by atoms with van der Waals surface area (Å²) in [6.07, 6.45) is 1.17. The molecule has 0 aromatic carbocycles. The predicted molar refractivity (Wildman–Crippen MR) is 47.1 cm³/mol. The second-order valence-corrected chi connectivity index (χ2v) is 2.99. The van der Waals surface area contributed by atoms with E-state index in [2.05, 4.69) is 9.72 Å². The van der Waals surface area contributed by atoms with Gasteiger partial charge < -0.3 is 14.5 Å².